The van der Waals surface area contributed by atoms with Crippen LogP contribution in [0, 0.1) is 5.92 Å². The number of rotatable bonds is 2. The third kappa shape index (κ3) is 1.58. The fraction of sp³-hybridized carbons (Fsp3) is 0.750. The van der Waals surface area contributed by atoms with Gasteiger partial charge in [-0.15, -0.1) is 0 Å². The van der Waals surface area contributed by atoms with Crippen LogP contribution in [0.1, 0.15) is 46.0 Å². The molecule has 2 rings (SSSR count). The first-order valence-corrected chi connectivity index (χ1v) is 5.51. The van der Waals surface area contributed by atoms with E-state index in [1.807, 2.05) is 19.9 Å². The summed E-state index contributed by atoms with van der Waals surface area (Å²) < 4.78 is 5.64. The van der Waals surface area contributed by atoms with E-state index in [1.54, 1.807) is 0 Å². The average molecular weight is 194 g/mol. The molecule has 0 saturated heterocycles. The van der Waals surface area contributed by atoms with Crippen LogP contribution in [0.4, 0.5) is 0 Å². The van der Waals surface area contributed by atoms with Crippen LogP contribution >= 0.6 is 0 Å². The van der Waals surface area contributed by atoms with Gasteiger partial charge in [-0.1, -0.05) is 6.08 Å². The molecule has 0 N–H and O–H groups in total. The van der Waals surface area contributed by atoms with Gasteiger partial charge in [0.25, 0.3) is 0 Å². The number of carbonyl (C=O) groups is 1. The lowest BCUT2D eigenvalue weighted by Gasteiger charge is -2.26. The molecule has 0 radical (unpaired) electrons. The molecule has 2 nitrogen and oxygen atoms in total. The Bertz CT molecular complexity index is 270. The van der Waals surface area contributed by atoms with Crippen LogP contribution in [-0.2, 0) is 9.53 Å². The maximum atomic E-state index is 11.6. The van der Waals surface area contributed by atoms with Gasteiger partial charge in [-0.05, 0) is 51.9 Å². The highest BCUT2D eigenvalue weighted by Gasteiger charge is 2.47. The summed E-state index contributed by atoms with van der Waals surface area (Å²) in [6, 6.07) is 0. The Labute approximate surface area is 85.3 Å². The van der Waals surface area contributed by atoms with Gasteiger partial charge in [0.15, 0.2) is 0 Å². The topological polar surface area (TPSA) is 26.3 Å². The highest BCUT2D eigenvalue weighted by molar-refractivity contribution is 5.88. The Morgan fingerprint density at radius 1 is 1.43 bits per heavy atom. The molecule has 0 heterocycles. The van der Waals surface area contributed by atoms with Gasteiger partial charge in [0, 0.05) is 5.57 Å². The SMILES string of the molecule is CC=C(C)C(=O)OC12CCC(CC1)C2. The number of carbonyl (C=O) groups excluding carboxylic acids is 1. The van der Waals surface area contributed by atoms with Crippen LogP contribution < -0.4 is 0 Å². The van der Waals surface area contributed by atoms with E-state index in [4.69, 9.17) is 4.74 Å². The first-order valence-electron chi connectivity index (χ1n) is 5.51. The van der Waals surface area contributed by atoms with Crippen molar-refractivity contribution in [3.63, 3.8) is 0 Å². The first-order chi connectivity index (χ1) is 6.65. The molecule has 2 aliphatic carbocycles. The third-order valence-corrected chi connectivity index (χ3v) is 3.74. The second kappa shape index (κ2) is 3.41. The first kappa shape index (κ1) is 9.75. The Balaban J connectivity index is 2.00. The fourth-order valence-corrected chi connectivity index (χ4v) is 2.68. The Morgan fingerprint density at radius 3 is 2.50 bits per heavy atom. The molecule has 0 amide bonds. The molecule has 0 aromatic heterocycles. The molecule has 2 bridgehead atoms. The van der Waals surface area contributed by atoms with Crippen molar-refractivity contribution in [2.75, 3.05) is 0 Å². The van der Waals surface area contributed by atoms with Crippen molar-refractivity contribution in [1.82, 2.24) is 0 Å². The summed E-state index contributed by atoms with van der Waals surface area (Å²) in [5.41, 5.74) is 0.654. The standard InChI is InChI=1S/C12H18O2/c1-3-9(2)11(13)14-12-6-4-10(8-12)5-7-12/h3,10H,4-8H2,1-2H3. The van der Waals surface area contributed by atoms with E-state index in [-0.39, 0.29) is 11.6 Å². The quantitative estimate of drug-likeness (QED) is 0.499. The maximum Gasteiger partial charge on any atom is 0.333 e. The van der Waals surface area contributed by atoms with Crippen molar-refractivity contribution in [2.24, 2.45) is 5.92 Å². The van der Waals surface area contributed by atoms with E-state index in [2.05, 4.69) is 0 Å². The summed E-state index contributed by atoms with van der Waals surface area (Å²) in [6.07, 6.45) is 7.60. The summed E-state index contributed by atoms with van der Waals surface area (Å²) in [7, 11) is 0. The molecule has 0 atom stereocenters. The zero-order valence-corrected chi connectivity index (χ0v) is 9.01. The molecular weight excluding hydrogens is 176 g/mol. The summed E-state index contributed by atoms with van der Waals surface area (Å²) in [6.45, 7) is 3.70. The molecule has 0 aliphatic heterocycles. The van der Waals surface area contributed by atoms with Gasteiger partial charge in [0.2, 0.25) is 0 Å². The molecule has 2 fully saturated rings. The van der Waals surface area contributed by atoms with E-state index in [1.165, 1.54) is 12.8 Å². The van der Waals surface area contributed by atoms with E-state index in [0.29, 0.717) is 0 Å². The highest BCUT2D eigenvalue weighted by atomic mass is 16.6. The van der Waals surface area contributed by atoms with Crippen molar-refractivity contribution in [3.8, 4) is 0 Å². The minimum absolute atomic E-state index is 0.0774. The Kier molecular flexibility index (Phi) is 2.38. The zero-order valence-electron chi connectivity index (χ0n) is 9.01. The second-order valence-electron chi connectivity index (χ2n) is 4.69. The van der Waals surface area contributed by atoms with E-state index in [9.17, 15) is 4.79 Å². The largest absolute Gasteiger partial charge is 0.456 e. The Morgan fingerprint density at radius 2 is 2.07 bits per heavy atom. The van der Waals surface area contributed by atoms with Crippen molar-refractivity contribution in [2.45, 2.75) is 51.6 Å². The summed E-state index contributed by atoms with van der Waals surface area (Å²) in [5.74, 6) is 0.712. The van der Waals surface area contributed by atoms with Crippen LogP contribution in [-0.4, -0.2) is 11.6 Å². The predicted octanol–water partition coefficient (Wildman–Crippen LogP) is 2.83. The Hall–Kier alpha value is -0.790. The predicted molar refractivity (Wildman–Crippen MR) is 54.8 cm³/mol. The number of hydrogen-bond donors (Lipinski definition) is 0. The van der Waals surface area contributed by atoms with Crippen LogP contribution in [0.25, 0.3) is 0 Å². The lowest BCUT2D eigenvalue weighted by Crippen LogP contribution is -2.30. The molecule has 2 heteroatoms. The van der Waals surface area contributed by atoms with Gasteiger partial charge in [-0.3, -0.25) is 0 Å². The average Bonchev–Trinajstić information content (AvgIpc) is 2.75. The lowest BCUT2D eigenvalue weighted by atomic mass is 9.97. The maximum absolute atomic E-state index is 11.6. The van der Waals surface area contributed by atoms with Gasteiger partial charge in [-0.25, -0.2) is 4.79 Å². The van der Waals surface area contributed by atoms with Crippen molar-refractivity contribution in [1.29, 1.82) is 0 Å². The molecule has 0 aromatic carbocycles. The molecule has 78 valence electrons. The number of ether oxygens (including phenoxy) is 1. The lowest BCUT2D eigenvalue weighted by molar-refractivity contribution is -0.153. The number of hydrogen-bond acceptors (Lipinski definition) is 2. The third-order valence-electron chi connectivity index (χ3n) is 3.74. The molecule has 14 heavy (non-hydrogen) atoms. The van der Waals surface area contributed by atoms with E-state index in [0.717, 1.165) is 30.8 Å². The van der Waals surface area contributed by atoms with Crippen molar-refractivity contribution >= 4 is 5.97 Å². The normalized spacial score (nSPS) is 36.1. The van der Waals surface area contributed by atoms with Crippen LogP contribution in [0.5, 0.6) is 0 Å². The van der Waals surface area contributed by atoms with Crippen molar-refractivity contribution < 1.29 is 9.53 Å². The molecule has 0 unspecified atom stereocenters. The minimum Gasteiger partial charge on any atom is -0.456 e. The smallest absolute Gasteiger partial charge is 0.333 e. The summed E-state index contributed by atoms with van der Waals surface area (Å²) in [5, 5.41) is 0. The van der Waals surface area contributed by atoms with Crippen molar-refractivity contribution in [3.05, 3.63) is 11.6 Å². The van der Waals surface area contributed by atoms with Crippen LogP contribution in [0.15, 0.2) is 11.6 Å². The monoisotopic (exact) mass is 194 g/mol. The fourth-order valence-electron chi connectivity index (χ4n) is 2.68. The van der Waals surface area contributed by atoms with Crippen LogP contribution in [0.2, 0.25) is 0 Å². The van der Waals surface area contributed by atoms with Gasteiger partial charge >= 0.3 is 5.97 Å². The van der Waals surface area contributed by atoms with Gasteiger partial charge in [0.05, 0.1) is 0 Å². The van der Waals surface area contributed by atoms with Gasteiger partial charge < -0.3 is 4.74 Å². The van der Waals surface area contributed by atoms with Gasteiger partial charge in [0.1, 0.15) is 5.60 Å². The molecular formula is C12H18O2. The minimum atomic E-state index is -0.116. The van der Waals surface area contributed by atoms with E-state index >= 15 is 0 Å². The summed E-state index contributed by atoms with van der Waals surface area (Å²) >= 11 is 0. The van der Waals surface area contributed by atoms with Gasteiger partial charge in [-0.2, -0.15) is 0 Å². The van der Waals surface area contributed by atoms with Crippen LogP contribution in [0.3, 0.4) is 0 Å². The summed E-state index contributed by atoms with van der Waals surface area (Å²) in [4.78, 5) is 11.6. The molecule has 0 aromatic rings. The molecule has 0 spiro atoms. The zero-order chi connectivity index (χ0) is 10.2. The number of esters is 1. The number of fused-ring (bicyclic) bond motifs is 2. The molecule has 2 saturated carbocycles. The van der Waals surface area contributed by atoms with E-state index < -0.39 is 0 Å². The second-order valence-corrected chi connectivity index (χ2v) is 4.69. The number of allylic oxidation sites excluding steroid dienone is 1. The highest BCUT2D eigenvalue weighted by Crippen LogP contribution is 2.50. The molecule has 2 aliphatic rings.